The fourth-order valence-electron chi connectivity index (χ4n) is 3.69. The van der Waals surface area contributed by atoms with Gasteiger partial charge in [0.2, 0.25) is 10.0 Å². The van der Waals surface area contributed by atoms with Crippen molar-refractivity contribution in [1.29, 1.82) is 0 Å². The summed E-state index contributed by atoms with van der Waals surface area (Å²) in [5.41, 5.74) is 1.97. The number of amides is 1. The lowest BCUT2D eigenvalue weighted by atomic mass is 10.2. The number of sulfonamides is 1. The van der Waals surface area contributed by atoms with Crippen molar-refractivity contribution < 1.29 is 13.2 Å². The number of anilines is 1. The van der Waals surface area contributed by atoms with Crippen LogP contribution in [0.3, 0.4) is 0 Å². The van der Waals surface area contributed by atoms with Gasteiger partial charge >= 0.3 is 0 Å². The van der Waals surface area contributed by atoms with Crippen LogP contribution in [0.5, 0.6) is 0 Å². The van der Waals surface area contributed by atoms with E-state index in [9.17, 15) is 13.2 Å². The standard InChI is InChI=1S/C21H25N5O3S/c1-24-15-19(30(28,29)26-9-3-2-4-10-26)13-20(24)21(27)23-18-7-5-6-17(12-18)14-25-11-8-22-16-25/h5-8,11-13,15-16H,2-4,9-10,14H2,1H3,(H,23,27). The Hall–Kier alpha value is -2.91. The molecule has 0 aliphatic carbocycles. The SMILES string of the molecule is Cn1cc(S(=O)(=O)N2CCCCC2)cc1C(=O)Nc1cccc(Cn2ccnc2)c1. The van der Waals surface area contributed by atoms with Crippen molar-refractivity contribution in [1.82, 2.24) is 18.4 Å². The first-order valence-electron chi connectivity index (χ1n) is 9.96. The maximum Gasteiger partial charge on any atom is 0.272 e. The molecule has 1 fully saturated rings. The molecule has 3 aromatic rings. The predicted octanol–water partition coefficient (Wildman–Crippen LogP) is 2.70. The summed E-state index contributed by atoms with van der Waals surface area (Å²) >= 11 is 0. The Morgan fingerprint density at radius 2 is 1.97 bits per heavy atom. The van der Waals surface area contributed by atoms with Crippen LogP contribution in [-0.2, 0) is 23.6 Å². The van der Waals surface area contributed by atoms with Crippen LogP contribution >= 0.6 is 0 Å². The van der Waals surface area contributed by atoms with Gasteiger partial charge in [-0.1, -0.05) is 18.6 Å². The maximum atomic E-state index is 12.9. The molecule has 4 rings (SSSR count). The van der Waals surface area contributed by atoms with Crippen molar-refractivity contribution in [2.45, 2.75) is 30.7 Å². The summed E-state index contributed by atoms with van der Waals surface area (Å²) in [4.78, 5) is 17.0. The topological polar surface area (TPSA) is 89.2 Å². The second-order valence-corrected chi connectivity index (χ2v) is 9.46. The van der Waals surface area contributed by atoms with Crippen LogP contribution in [0.1, 0.15) is 35.3 Å². The molecule has 1 aliphatic rings. The molecule has 1 saturated heterocycles. The summed E-state index contributed by atoms with van der Waals surface area (Å²) in [6.07, 6.45) is 9.63. The van der Waals surface area contributed by atoms with E-state index in [-0.39, 0.29) is 10.8 Å². The highest BCUT2D eigenvalue weighted by atomic mass is 32.2. The van der Waals surface area contributed by atoms with Gasteiger partial charge in [-0.05, 0) is 36.6 Å². The number of aromatic nitrogens is 3. The average Bonchev–Trinajstić information content (AvgIpc) is 3.39. The van der Waals surface area contributed by atoms with Gasteiger partial charge in [-0.2, -0.15) is 4.31 Å². The van der Waals surface area contributed by atoms with E-state index in [1.165, 1.54) is 16.6 Å². The zero-order valence-corrected chi connectivity index (χ0v) is 17.7. The molecule has 158 valence electrons. The van der Waals surface area contributed by atoms with E-state index in [4.69, 9.17) is 0 Å². The Bertz CT molecular complexity index is 1130. The van der Waals surface area contributed by atoms with Gasteiger partial charge in [0.05, 0.1) is 6.33 Å². The minimum atomic E-state index is -3.58. The Balaban J connectivity index is 1.50. The van der Waals surface area contributed by atoms with E-state index in [0.29, 0.717) is 31.0 Å². The van der Waals surface area contributed by atoms with Crippen LogP contribution in [0.25, 0.3) is 0 Å². The summed E-state index contributed by atoms with van der Waals surface area (Å²) in [5.74, 6) is -0.350. The highest BCUT2D eigenvalue weighted by Crippen LogP contribution is 2.23. The normalized spacial score (nSPS) is 15.2. The number of hydrogen-bond acceptors (Lipinski definition) is 4. The van der Waals surface area contributed by atoms with E-state index in [1.807, 2.05) is 35.0 Å². The maximum absolute atomic E-state index is 12.9. The molecule has 1 aromatic carbocycles. The van der Waals surface area contributed by atoms with Gasteiger partial charge in [0, 0.05) is 51.0 Å². The van der Waals surface area contributed by atoms with Gasteiger partial charge in [-0.15, -0.1) is 0 Å². The second kappa shape index (κ2) is 8.45. The number of hydrogen-bond donors (Lipinski definition) is 1. The number of piperidine rings is 1. The zero-order chi connectivity index (χ0) is 21.1. The summed E-state index contributed by atoms with van der Waals surface area (Å²) in [7, 11) is -1.90. The number of aryl methyl sites for hydroxylation is 1. The minimum Gasteiger partial charge on any atom is -0.345 e. The molecule has 9 heteroatoms. The summed E-state index contributed by atoms with van der Waals surface area (Å²) in [6.45, 7) is 1.71. The molecule has 30 heavy (non-hydrogen) atoms. The van der Waals surface area contributed by atoms with Gasteiger partial charge < -0.3 is 14.5 Å². The molecule has 1 N–H and O–H groups in total. The van der Waals surface area contributed by atoms with Crippen LogP contribution < -0.4 is 5.32 Å². The number of nitrogens with zero attached hydrogens (tertiary/aromatic N) is 4. The Morgan fingerprint density at radius 3 is 2.70 bits per heavy atom. The van der Waals surface area contributed by atoms with Gasteiger partial charge in [0.1, 0.15) is 10.6 Å². The van der Waals surface area contributed by atoms with Crippen LogP contribution in [0.15, 0.2) is 60.1 Å². The number of imidazole rings is 1. The van der Waals surface area contributed by atoms with Crippen molar-refractivity contribution in [3.05, 3.63) is 66.5 Å². The highest BCUT2D eigenvalue weighted by Gasteiger charge is 2.28. The third kappa shape index (κ3) is 4.31. The molecule has 0 atom stereocenters. The number of carbonyl (C=O) groups excluding carboxylic acids is 1. The lowest BCUT2D eigenvalue weighted by molar-refractivity contribution is 0.101. The molecule has 0 spiro atoms. The highest BCUT2D eigenvalue weighted by molar-refractivity contribution is 7.89. The van der Waals surface area contributed by atoms with Gasteiger partial charge in [-0.3, -0.25) is 4.79 Å². The molecule has 2 aromatic heterocycles. The summed E-state index contributed by atoms with van der Waals surface area (Å²) < 4.78 is 30.8. The van der Waals surface area contributed by atoms with Crippen molar-refractivity contribution in [3.8, 4) is 0 Å². The zero-order valence-electron chi connectivity index (χ0n) is 16.9. The molecular formula is C21H25N5O3S. The van der Waals surface area contributed by atoms with Crippen LogP contribution in [0, 0.1) is 0 Å². The van der Waals surface area contributed by atoms with Crippen LogP contribution in [0.2, 0.25) is 0 Å². The van der Waals surface area contributed by atoms with E-state index in [1.54, 1.807) is 24.1 Å². The van der Waals surface area contributed by atoms with Crippen molar-refractivity contribution in [3.63, 3.8) is 0 Å². The third-order valence-corrected chi connectivity index (χ3v) is 7.14. The number of rotatable bonds is 6. The quantitative estimate of drug-likeness (QED) is 0.655. The van der Waals surface area contributed by atoms with Crippen molar-refractivity contribution >= 4 is 21.6 Å². The lowest BCUT2D eigenvalue weighted by Crippen LogP contribution is -2.35. The minimum absolute atomic E-state index is 0.158. The smallest absolute Gasteiger partial charge is 0.272 e. The van der Waals surface area contributed by atoms with Crippen LogP contribution in [-0.4, -0.2) is 45.8 Å². The Labute approximate surface area is 176 Å². The van der Waals surface area contributed by atoms with Gasteiger partial charge in [0.25, 0.3) is 5.91 Å². The average molecular weight is 428 g/mol. The van der Waals surface area contributed by atoms with Gasteiger partial charge in [-0.25, -0.2) is 13.4 Å². The Kier molecular flexibility index (Phi) is 5.74. The molecular weight excluding hydrogens is 402 g/mol. The van der Waals surface area contributed by atoms with Crippen molar-refractivity contribution in [2.24, 2.45) is 7.05 Å². The second-order valence-electron chi connectivity index (χ2n) is 7.53. The fraction of sp³-hybridized carbons (Fsp3) is 0.333. The van der Waals surface area contributed by atoms with Crippen molar-refractivity contribution in [2.75, 3.05) is 18.4 Å². The van der Waals surface area contributed by atoms with E-state index in [2.05, 4.69) is 10.3 Å². The first kappa shape index (κ1) is 20.4. The lowest BCUT2D eigenvalue weighted by Gasteiger charge is -2.25. The number of benzene rings is 1. The summed E-state index contributed by atoms with van der Waals surface area (Å²) in [5, 5.41) is 2.87. The largest absolute Gasteiger partial charge is 0.345 e. The molecule has 3 heterocycles. The number of carbonyl (C=O) groups is 1. The molecule has 8 nitrogen and oxygen atoms in total. The van der Waals surface area contributed by atoms with E-state index < -0.39 is 10.0 Å². The molecule has 0 bridgehead atoms. The molecule has 1 amide bonds. The fourth-order valence-corrected chi connectivity index (χ4v) is 5.28. The molecule has 0 saturated carbocycles. The third-order valence-electron chi connectivity index (χ3n) is 5.27. The van der Waals surface area contributed by atoms with E-state index >= 15 is 0 Å². The first-order chi connectivity index (χ1) is 14.4. The summed E-state index contributed by atoms with van der Waals surface area (Å²) in [6, 6.07) is 9.01. The Morgan fingerprint density at radius 1 is 1.17 bits per heavy atom. The monoisotopic (exact) mass is 427 g/mol. The number of nitrogens with one attached hydrogen (secondary N) is 1. The van der Waals surface area contributed by atoms with Gasteiger partial charge in [0.15, 0.2) is 0 Å². The first-order valence-corrected chi connectivity index (χ1v) is 11.4. The van der Waals surface area contributed by atoms with Crippen LogP contribution in [0.4, 0.5) is 5.69 Å². The van der Waals surface area contributed by atoms with E-state index in [0.717, 1.165) is 24.8 Å². The molecule has 1 aliphatic heterocycles. The molecule has 0 radical (unpaired) electrons. The predicted molar refractivity (Wildman–Crippen MR) is 114 cm³/mol. The molecule has 0 unspecified atom stereocenters.